The second kappa shape index (κ2) is 7.13. The molecule has 22 heavy (non-hydrogen) atoms. The Hall–Kier alpha value is -3.01. The molecular weight excluding hydrogens is 292 g/mol. The van der Waals surface area contributed by atoms with Gasteiger partial charge in [-0.05, 0) is 11.6 Å². The number of nitriles is 1. The van der Waals surface area contributed by atoms with Gasteiger partial charge in [0.15, 0.2) is 6.61 Å². The Balaban J connectivity index is 1.81. The molecule has 0 saturated heterocycles. The molecule has 0 bridgehead atoms. The summed E-state index contributed by atoms with van der Waals surface area (Å²) in [6.07, 6.45) is 1.47. The SMILES string of the molecule is N#Cc1ccc(CNC(=O)COc2cc(F)cc(F)c2)cn1. The van der Waals surface area contributed by atoms with E-state index in [9.17, 15) is 13.6 Å². The molecule has 7 heteroatoms. The van der Waals surface area contributed by atoms with Gasteiger partial charge in [-0.25, -0.2) is 13.8 Å². The zero-order chi connectivity index (χ0) is 15.9. The van der Waals surface area contributed by atoms with Crippen molar-refractivity contribution in [3.05, 3.63) is 59.4 Å². The van der Waals surface area contributed by atoms with Gasteiger partial charge in [0.05, 0.1) is 0 Å². The Kier molecular flexibility index (Phi) is 4.98. The third kappa shape index (κ3) is 4.52. The molecule has 0 saturated carbocycles. The van der Waals surface area contributed by atoms with E-state index in [2.05, 4.69) is 10.3 Å². The Labute approximate surface area is 125 Å². The molecule has 1 aromatic carbocycles. The van der Waals surface area contributed by atoms with Crippen LogP contribution in [0.4, 0.5) is 8.78 Å². The van der Waals surface area contributed by atoms with E-state index < -0.39 is 17.5 Å². The molecule has 2 rings (SSSR count). The number of benzene rings is 1. The lowest BCUT2D eigenvalue weighted by molar-refractivity contribution is -0.123. The minimum atomic E-state index is -0.779. The molecule has 0 fully saturated rings. The predicted octanol–water partition coefficient (Wildman–Crippen LogP) is 1.93. The summed E-state index contributed by atoms with van der Waals surface area (Å²) in [5.41, 5.74) is 0.996. The lowest BCUT2D eigenvalue weighted by Gasteiger charge is -2.07. The van der Waals surface area contributed by atoms with Gasteiger partial charge in [-0.15, -0.1) is 0 Å². The van der Waals surface area contributed by atoms with Crippen LogP contribution in [0.3, 0.4) is 0 Å². The van der Waals surface area contributed by atoms with Crippen LogP contribution in [0.25, 0.3) is 0 Å². The van der Waals surface area contributed by atoms with Crippen molar-refractivity contribution in [2.45, 2.75) is 6.54 Å². The van der Waals surface area contributed by atoms with Crippen molar-refractivity contribution in [3.63, 3.8) is 0 Å². The van der Waals surface area contributed by atoms with Crippen molar-refractivity contribution in [2.24, 2.45) is 0 Å². The van der Waals surface area contributed by atoms with Gasteiger partial charge in [0.2, 0.25) is 0 Å². The second-order valence-corrected chi connectivity index (χ2v) is 4.33. The largest absolute Gasteiger partial charge is 0.484 e. The number of halogens is 2. The molecule has 1 amide bonds. The minimum absolute atomic E-state index is 0.0623. The van der Waals surface area contributed by atoms with Crippen LogP contribution in [0.15, 0.2) is 36.5 Å². The summed E-state index contributed by atoms with van der Waals surface area (Å²) in [4.78, 5) is 15.4. The molecule has 1 aromatic heterocycles. The van der Waals surface area contributed by atoms with Gasteiger partial charge in [-0.1, -0.05) is 6.07 Å². The summed E-state index contributed by atoms with van der Waals surface area (Å²) in [6, 6.07) is 7.77. The first-order valence-electron chi connectivity index (χ1n) is 6.27. The Morgan fingerprint density at radius 1 is 1.27 bits per heavy atom. The fraction of sp³-hybridized carbons (Fsp3) is 0.133. The maximum Gasteiger partial charge on any atom is 0.258 e. The molecule has 0 atom stereocenters. The zero-order valence-corrected chi connectivity index (χ0v) is 11.3. The molecule has 0 radical (unpaired) electrons. The summed E-state index contributed by atoms with van der Waals surface area (Å²) in [5, 5.41) is 11.2. The van der Waals surface area contributed by atoms with Gasteiger partial charge in [-0.2, -0.15) is 5.26 Å². The number of carbonyl (C=O) groups excluding carboxylic acids is 1. The third-order valence-corrected chi connectivity index (χ3v) is 2.63. The van der Waals surface area contributed by atoms with Crippen LogP contribution in [0.1, 0.15) is 11.3 Å². The Morgan fingerprint density at radius 3 is 2.59 bits per heavy atom. The van der Waals surface area contributed by atoms with Crippen LogP contribution in [0.5, 0.6) is 5.75 Å². The quantitative estimate of drug-likeness (QED) is 0.915. The van der Waals surface area contributed by atoms with Crippen molar-refractivity contribution in [1.29, 1.82) is 5.26 Å². The van der Waals surface area contributed by atoms with Crippen molar-refractivity contribution in [3.8, 4) is 11.8 Å². The summed E-state index contributed by atoms with van der Waals surface area (Å²) in [7, 11) is 0. The van der Waals surface area contributed by atoms with E-state index in [1.165, 1.54) is 12.3 Å². The van der Waals surface area contributed by atoms with E-state index in [4.69, 9.17) is 10.00 Å². The predicted molar refractivity (Wildman–Crippen MR) is 72.7 cm³/mol. The first kappa shape index (κ1) is 15.4. The smallest absolute Gasteiger partial charge is 0.258 e. The van der Waals surface area contributed by atoms with E-state index >= 15 is 0 Å². The van der Waals surface area contributed by atoms with E-state index in [0.717, 1.165) is 12.1 Å². The lowest BCUT2D eigenvalue weighted by atomic mass is 10.2. The van der Waals surface area contributed by atoms with Crippen LogP contribution in [0.2, 0.25) is 0 Å². The normalized spacial score (nSPS) is 9.86. The van der Waals surface area contributed by atoms with Crippen LogP contribution in [-0.4, -0.2) is 17.5 Å². The first-order valence-corrected chi connectivity index (χ1v) is 6.27. The van der Waals surface area contributed by atoms with E-state index in [1.807, 2.05) is 6.07 Å². The first-order chi connectivity index (χ1) is 10.6. The zero-order valence-electron chi connectivity index (χ0n) is 11.3. The number of carbonyl (C=O) groups is 1. The molecule has 1 N–H and O–H groups in total. The standard InChI is InChI=1S/C15H11F2N3O2/c16-11-3-12(17)5-14(4-11)22-9-15(21)20-8-10-1-2-13(6-18)19-7-10/h1-5,7H,8-9H2,(H,20,21). The summed E-state index contributed by atoms with van der Waals surface area (Å²) in [6.45, 7) is -0.162. The molecule has 0 unspecified atom stereocenters. The molecule has 5 nitrogen and oxygen atoms in total. The van der Waals surface area contributed by atoms with Crippen molar-refractivity contribution in [1.82, 2.24) is 10.3 Å². The van der Waals surface area contributed by atoms with Gasteiger partial charge in [-0.3, -0.25) is 4.79 Å². The summed E-state index contributed by atoms with van der Waals surface area (Å²) in [5.74, 6) is -2.07. The van der Waals surface area contributed by atoms with Gasteiger partial charge >= 0.3 is 0 Å². The van der Waals surface area contributed by atoms with Crippen LogP contribution < -0.4 is 10.1 Å². The average molecular weight is 303 g/mol. The highest BCUT2D eigenvalue weighted by molar-refractivity contribution is 5.77. The van der Waals surface area contributed by atoms with Gasteiger partial charge < -0.3 is 10.1 Å². The molecule has 0 aliphatic carbocycles. The fourth-order valence-electron chi connectivity index (χ4n) is 1.61. The maximum absolute atomic E-state index is 12.9. The fourth-order valence-corrected chi connectivity index (χ4v) is 1.61. The third-order valence-electron chi connectivity index (χ3n) is 2.63. The van der Waals surface area contributed by atoms with Crippen LogP contribution in [-0.2, 0) is 11.3 Å². The van der Waals surface area contributed by atoms with Gasteiger partial charge in [0.1, 0.15) is 29.1 Å². The monoisotopic (exact) mass is 303 g/mol. The van der Waals surface area contributed by atoms with E-state index in [1.54, 1.807) is 6.07 Å². The molecule has 0 spiro atoms. The van der Waals surface area contributed by atoms with E-state index in [0.29, 0.717) is 11.6 Å². The Bertz CT molecular complexity index is 691. The highest BCUT2D eigenvalue weighted by Gasteiger charge is 2.06. The highest BCUT2D eigenvalue weighted by Crippen LogP contribution is 2.15. The molecule has 2 aromatic rings. The number of ether oxygens (including phenoxy) is 1. The number of aromatic nitrogens is 1. The number of hydrogen-bond acceptors (Lipinski definition) is 4. The molecule has 0 aliphatic heterocycles. The molecular formula is C15H11F2N3O2. The molecule has 0 aliphatic rings. The van der Waals surface area contributed by atoms with Crippen molar-refractivity contribution < 1.29 is 18.3 Å². The number of hydrogen-bond donors (Lipinski definition) is 1. The maximum atomic E-state index is 12.9. The topological polar surface area (TPSA) is 75.0 Å². The van der Waals surface area contributed by atoms with Gasteiger partial charge in [0.25, 0.3) is 5.91 Å². The van der Waals surface area contributed by atoms with Crippen LogP contribution >= 0.6 is 0 Å². The highest BCUT2D eigenvalue weighted by atomic mass is 19.1. The number of nitrogens with one attached hydrogen (secondary N) is 1. The van der Waals surface area contributed by atoms with Crippen molar-refractivity contribution >= 4 is 5.91 Å². The number of nitrogens with zero attached hydrogens (tertiary/aromatic N) is 2. The lowest BCUT2D eigenvalue weighted by Crippen LogP contribution is -2.28. The summed E-state index contributed by atoms with van der Waals surface area (Å²) < 4.78 is 30.9. The summed E-state index contributed by atoms with van der Waals surface area (Å²) >= 11 is 0. The van der Waals surface area contributed by atoms with Crippen LogP contribution in [0, 0.1) is 23.0 Å². The number of pyridine rings is 1. The van der Waals surface area contributed by atoms with E-state index in [-0.39, 0.29) is 24.6 Å². The minimum Gasteiger partial charge on any atom is -0.484 e. The second-order valence-electron chi connectivity index (χ2n) is 4.33. The van der Waals surface area contributed by atoms with Crippen molar-refractivity contribution in [2.75, 3.05) is 6.61 Å². The average Bonchev–Trinajstić information content (AvgIpc) is 2.50. The van der Waals surface area contributed by atoms with Gasteiger partial charge in [0, 0.05) is 30.9 Å². The molecule has 1 heterocycles. The molecule has 112 valence electrons. The Morgan fingerprint density at radius 2 is 2.00 bits per heavy atom. The number of rotatable bonds is 5. The number of amides is 1.